The summed E-state index contributed by atoms with van der Waals surface area (Å²) in [6.07, 6.45) is 0. The molecule has 0 saturated heterocycles. The van der Waals surface area contributed by atoms with Gasteiger partial charge in [-0.15, -0.1) is 0 Å². The summed E-state index contributed by atoms with van der Waals surface area (Å²) in [5.74, 6) is 2.08. The summed E-state index contributed by atoms with van der Waals surface area (Å²) in [6, 6.07) is 12.0. The fourth-order valence-corrected chi connectivity index (χ4v) is 5.66. The second kappa shape index (κ2) is 9.29. The fourth-order valence-electron chi connectivity index (χ4n) is 3.51. The molecule has 3 nitrogen and oxygen atoms in total. The van der Waals surface area contributed by atoms with Crippen LogP contribution in [0.15, 0.2) is 36.4 Å². The molecule has 0 amide bonds. The van der Waals surface area contributed by atoms with Crippen LogP contribution >= 0.6 is 6.72 Å². The highest BCUT2D eigenvalue weighted by Crippen LogP contribution is 2.52. The topological polar surface area (TPSA) is 27.7 Å². The number of aryl methyl sites for hydroxylation is 3. The first-order valence-electron chi connectivity index (χ1n) is 10.8. The zero-order valence-electron chi connectivity index (χ0n) is 20.5. The number of hydrogen-bond donors (Lipinski definition) is 0. The Hall–Kier alpha value is -2.29. The molecule has 0 N–H and O–H groups in total. The molecule has 0 radical (unpaired) electrons. The molecule has 3 rings (SSSR count). The van der Waals surface area contributed by atoms with E-state index in [0.29, 0.717) is 17.2 Å². The minimum absolute atomic E-state index is 0.694. The van der Waals surface area contributed by atoms with Crippen LogP contribution in [0.25, 0.3) is 0 Å². The van der Waals surface area contributed by atoms with E-state index in [9.17, 15) is 0 Å². The molecule has 0 aromatic heterocycles. The van der Waals surface area contributed by atoms with Crippen LogP contribution in [0.2, 0.25) is 0 Å². The van der Waals surface area contributed by atoms with Crippen molar-refractivity contribution >= 4 is 18.5 Å². The molecule has 0 unspecified atom stereocenters. The predicted molar refractivity (Wildman–Crippen MR) is 138 cm³/mol. The van der Waals surface area contributed by atoms with Gasteiger partial charge in [0.1, 0.15) is 17.2 Å². The largest absolute Gasteiger partial charge is 0.490 e. The van der Waals surface area contributed by atoms with E-state index in [1.54, 1.807) is 0 Å². The lowest BCUT2D eigenvalue weighted by atomic mass is 10.0. The maximum Gasteiger partial charge on any atom is 0.490 e. The summed E-state index contributed by atoms with van der Waals surface area (Å²) in [7, 11) is 0. The molecule has 5 heteroatoms. The van der Waals surface area contributed by atoms with E-state index < -0.39 is 6.72 Å². The van der Waals surface area contributed by atoms with Gasteiger partial charge in [0.15, 0.2) is 0 Å². The van der Waals surface area contributed by atoms with Gasteiger partial charge in [-0.2, -0.15) is 0 Å². The standard InChI is InChI=1S/C27H33O3PS/c1-16-10-13-25(22(7)19(16)4)28-31(32,29-26-14-11-17(2)20(5)23(26)8)30-27-15-12-18(3)21(6)24(27)9/h10-15H,1-9H3. The van der Waals surface area contributed by atoms with Crippen molar-refractivity contribution in [3.8, 4) is 17.2 Å². The molecule has 0 saturated carbocycles. The van der Waals surface area contributed by atoms with E-state index in [4.69, 9.17) is 25.4 Å². The average Bonchev–Trinajstić information content (AvgIpc) is 2.75. The highest BCUT2D eigenvalue weighted by atomic mass is 32.5. The van der Waals surface area contributed by atoms with Crippen LogP contribution in [-0.4, -0.2) is 0 Å². The Morgan fingerprint density at radius 2 is 0.688 bits per heavy atom. The van der Waals surface area contributed by atoms with Crippen LogP contribution in [0.5, 0.6) is 17.2 Å². The van der Waals surface area contributed by atoms with Crippen molar-refractivity contribution in [2.45, 2.75) is 62.3 Å². The molecule has 0 aliphatic rings. The van der Waals surface area contributed by atoms with Crippen LogP contribution < -0.4 is 13.6 Å². The molecular weight excluding hydrogens is 435 g/mol. The van der Waals surface area contributed by atoms with Crippen LogP contribution in [0, 0.1) is 62.3 Å². The molecule has 3 aromatic rings. The SMILES string of the molecule is Cc1ccc(OP(=S)(Oc2ccc(C)c(C)c2C)Oc2ccc(C)c(C)c2C)c(C)c1C. The normalized spacial score (nSPS) is 11.4. The first kappa shape index (κ1) is 24.4. The van der Waals surface area contributed by atoms with Crippen LogP contribution in [0.3, 0.4) is 0 Å². The van der Waals surface area contributed by atoms with Crippen molar-refractivity contribution in [1.29, 1.82) is 0 Å². The Morgan fingerprint density at radius 3 is 0.938 bits per heavy atom. The van der Waals surface area contributed by atoms with E-state index in [1.165, 1.54) is 33.4 Å². The van der Waals surface area contributed by atoms with Crippen molar-refractivity contribution < 1.29 is 13.6 Å². The van der Waals surface area contributed by atoms with Crippen molar-refractivity contribution in [2.75, 3.05) is 0 Å². The average molecular weight is 469 g/mol. The van der Waals surface area contributed by atoms with Crippen molar-refractivity contribution in [2.24, 2.45) is 0 Å². The van der Waals surface area contributed by atoms with Gasteiger partial charge in [0.05, 0.1) is 0 Å². The molecule has 32 heavy (non-hydrogen) atoms. The summed E-state index contributed by atoms with van der Waals surface area (Å²) in [5.41, 5.74) is 10.3. The van der Waals surface area contributed by atoms with Crippen LogP contribution in [-0.2, 0) is 11.8 Å². The summed E-state index contributed by atoms with van der Waals surface area (Å²) >= 11 is 6.00. The van der Waals surface area contributed by atoms with E-state index in [-0.39, 0.29) is 0 Å². The fraction of sp³-hybridized carbons (Fsp3) is 0.333. The second-order valence-electron chi connectivity index (χ2n) is 8.61. The van der Waals surface area contributed by atoms with Gasteiger partial charge in [-0.25, -0.2) is 0 Å². The molecule has 0 aliphatic heterocycles. The van der Waals surface area contributed by atoms with Gasteiger partial charge in [0.2, 0.25) is 0 Å². The highest BCUT2D eigenvalue weighted by molar-refractivity contribution is 8.08. The quantitative estimate of drug-likeness (QED) is 0.341. The van der Waals surface area contributed by atoms with E-state index >= 15 is 0 Å². The smallest absolute Gasteiger partial charge is 0.407 e. The Bertz CT molecular complexity index is 1080. The van der Waals surface area contributed by atoms with Crippen molar-refractivity contribution in [3.63, 3.8) is 0 Å². The van der Waals surface area contributed by atoms with Crippen molar-refractivity contribution in [1.82, 2.24) is 0 Å². The molecule has 0 bridgehead atoms. The summed E-state index contributed by atoms with van der Waals surface area (Å²) in [5, 5.41) is 0. The maximum absolute atomic E-state index is 6.41. The van der Waals surface area contributed by atoms with Gasteiger partial charge in [-0.1, -0.05) is 18.2 Å². The Morgan fingerprint density at radius 1 is 0.438 bits per heavy atom. The first-order valence-corrected chi connectivity index (χ1v) is 13.4. The molecular formula is C27H33O3PS. The third-order valence-electron chi connectivity index (χ3n) is 6.66. The number of hydrogen-bond acceptors (Lipinski definition) is 4. The molecule has 0 heterocycles. The summed E-state index contributed by atoms with van der Waals surface area (Å²) in [6.45, 7) is 15.4. The van der Waals surface area contributed by atoms with E-state index in [1.807, 2.05) is 57.2 Å². The van der Waals surface area contributed by atoms with E-state index in [0.717, 1.165) is 16.7 Å². The number of benzene rings is 3. The Kier molecular flexibility index (Phi) is 7.07. The Labute approximate surface area is 198 Å². The predicted octanol–water partition coefficient (Wildman–Crippen LogP) is 8.22. The van der Waals surface area contributed by atoms with Gasteiger partial charge in [0.25, 0.3) is 0 Å². The molecule has 170 valence electrons. The van der Waals surface area contributed by atoms with Gasteiger partial charge < -0.3 is 13.6 Å². The molecule has 0 spiro atoms. The van der Waals surface area contributed by atoms with Gasteiger partial charge in [0, 0.05) is 11.8 Å². The van der Waals surface area contributed by atoms with E-state index in [2.05, 4.69) is 41.5 Å². The zero-order chi connectivity index (χ0) is 23.8. The lowest BCUT2D eigenvalue weighted by Crippen LogP contribution is -2.10. The Balaban J connectivity index is 2.09. The van der Waals surface area contributed by atoms with Crippen molar-refractivity contribution in [3.05, 3.63) is 86.5 Å². The lowest BCUT2D eigenvalue weighted by Gasteiger charge is -2.27. The summed E-state index contributed by atoms with van der Waals surface area (Å²) in [4.78, 5) is 0. The third kappa shape index (κ3) is 4.87. The molecule has 3 aromatic carbocycles. The highest BCUT2D eigenvalue weighted by Gasteiger charge is 2.30. The molecule has 0 aliphatic carbocycles. The third-order valence-corrected chi connectivity index (χ3v) is 8.59. The molecule has 0 atom stereocenters. The first-order chi connectivity index (χ1) is 14.9. The van der Waals surface area contributed by atoms with Gasteiger partial charge >= 0.3 is 6.72 Å². The van der Waals surface area contributed by atoms with Crippen LogP contribution in [0.4, 0.5) is 0 Å². The van der Waals surface area contributed by atoms with Gasteiger partial charge in [-0.3, -0.25) is 0 Å². The summed E-state index contributed by atoms with van der Waals surface area (Å²) < 4.78 is 19.2. The minimum atomic E-state index is -3.24. The second-order valence-corrected chi connectivity index (χ2v) is 11.4. The van der Waals surface area contributed by atoms with Gasteiger partial charge in [-0.05, 0) is 131 Å². The minimum Gasteiger partial charge on any atom is -0.407 e. The molecule has 0 fully saturated rings. The lowest BCUT2D eigenvalue weighted by molar-refractivity contribution is 0.380. The monoisotopic (exact) mass is 468 g/mol. The zero-order valence-corrected chi connectivity index (χ0v) is 22.3. The van der Waals surface area contributed by atoms with Crippen LogP contribution in [0.1, 0.15) is 50.1 Å². The maximum atomic E-state index is 6.41. The number of rotatable bonds is 6.